The molecule has 1 aliphatic rings. The van der Waals surface area contributed by atoms with Gasteiger partial charge in [-0.15, -0.1) is 0 Å². The molecule has 9 heteroatoms. The fourth-order valence-corrected chi connectivity index (χ4v) is 3.63. The Bertz CT molecular complexity index is 890. The van der Waals surface area contributed by atoms with Crippen LogP contribution in [0, 0.1) is 0 Å². The summed E-state index contributed by atoms with van der Waals surface area (Å²) in [6.45, 7) is 3.30. The first-order valence-corrected chi connectivity index (χ1v) is 8.80. The summed E-state index contributed by atoms with van der Waals surface area (Å²) in [5.74, 6) is -0.192. The van der Waals surface area contributed by atoms with E-state index in [-0.39, 0.29) is 36.7 Å². The molecule has 2 aromatic carbocycles. The molecular weight excluding hydrogens is 398 g/mol. The summed E-state index contributed by atoms with van der Waals surface area (Å²) in [5, 5.41) is 0. The van der Waals surface area contributed by atoms with Crippen LogP contribution in [0.15, 0.2) is 42.5 Å². The van der Waals surface area contributed by atoms with Crippen LogP contribution in [-0.2, 0) is 23.7 Å². The van der Waals surface area contributed by atoms with Crippen molar-refractivity contribution in [3.63, 3.8) is 0 Å². The van der Waals surface area contributed by atoms with Gasteiger partial charge in [-0.2, -0.15) is 26.3 Å². The third-order valence-corrected chi connectivity index (χ3v) is 4.77. The summed E-state index contributed by atoms with van der Waals surface area (Å²) in [6.07, 6.45) is -9.79. The Labute approximate surface area is 163 Å². The second-order valence-electron chi connectivity index (χ2n) is 7.02. The number of amides is 1. The van der Waals surface area contributed by atoms with Crippen molar-refractivity contribution in [3.8, 4) is 0 Å². The highest BCUT2D eigenvalue weighted by molar-refractivity contribution is 5.97. The zero-order chi connectivity index (χ0) is 21.6. The minimum absolute atomic E-state index is 0.106. The van der Waals surface area contributed by atoms with Crippen molar-refractivity contribution >= 4 is 17.3 Å². The van der Waals surface area contributed by atoms with Gasteiger partial charge in [0, 0.05) is 20.0 Å². The predicted molar refractivity (Wildman–Crippen MR) is 96.6 cm³/mol. The fraction of sp³-hybridized carbons (Fsp3) is 0.350. The van der Waals surface area contributed by atoms with Crippen LogP contribution in [0.1, 0.15) is 30.5 Å². The molecule has 1 aliphatic heterocycles. The zero-order valence-corrected chi connectivity index (χ0v) is 15.6. The Hall–Kier alpha value is -2.71. The molecule has 0 aliphatic carbocycles. The summed E-state index contributed by atoms with van der Waals surface area (Å²) < 4.78 is 78.8. The molecule has 0 spiro atoms. The Kier molecular flexibility index (Phi) is 5.27. The number of benzene rings is 2. The summed E-state index contributed by atoms with van der Waals surface area (Å²) in [6, 6.07) is 8.11. The molecule has 2 aromatic rings. The smallest absolute Gasteiger partial charge is 0.363 e. The van der Waals surface area contributed by atoms with Crippen LogP contribution < -0.4 is 9.80 Å². The van der Waals surface area contributed by atoms with Crippen LogP contribution in [-0.4, -0.2) is 18.5 Å². The Morgan fingerprint density at radius 3 is 1.97 bits per heavy atom. The summed E-state index contributed by atoms with van der Waals surface area (Å²) >= 11 is 0. The number of alkyl halides is 6. The molecule has 3 rings (SSSR count). The van der Waals surface area contributed by atoms with Crippen LogP contribution in [0.5, 0.6) is 0 Å². The van der Waals surface area contributed by atoms with Gasteiger partial charge in [0.15, 0.2) is 0 Å². The normalized spacial score (nSPS) is 17.3. The van der Waals surface area contributed by atoms with Crippen molar-refractivity contribution in [2.24, 2.45) is 0 Å². The molecule has 0 saturated heterocycles. The van der Waals surface area contributed by atoms with Gasteiger partial charge in [0.1, 0.15) is 0 Å². The van der Waals surface area contributed by atoms with Crippen molar-refractivity contribution < 1.29 is 31.1 Å². The maximum Gasteiger partial charge on any atom is 0.416 e. The van der Waals surface area contributed by atoms with Crippen molar-refractivity contribution in [2.75, 3.05) is 16.3 Å². The number of halogens is 6. The third-order valence-electron chi connectivity index (χ3n) is 4.77. The van der Waals surface area contributed by atoms with E-state index in [1.165, 1.54) is 6.92 Å². The number of carbonyl (C=O) groups is 1. The lowest BCUT2D eigenvalue weighted by atomic mass is 10.0. The first-order valence-electron chi connectivity index (χ1n) is 8.80. The Morgan fingerprint density at radius 2 is 1.48 bits per heavy atom. The van der Waals surface area contributed by atoms with Gasteiger partial charge in [-0.1, -0.05) is 12.1 Å². The van der Waals surface area contributed by atoms with E-state index in [1.807, 2.05) is 0 Å². The minimum Gasteiger partial charge on any atom is -0.363 e. The monoisotopic (exact) mass is 416 g/mol. The summed E-state index contributed by atoms with van der Waals surface area (Å²) in [4.78, 5) is 15.3. The highest BCUT2D eigenvalue weighted by Gasteiger charge is 2.37. The predicted octanol–water partition coefficient (Wildman–Crippen LogP) is 5.49. The van der Waals surface area contributed by atoms with Gasteiger partial charge in [0.05, 0.1) is 28.5 Å². The first kappa shape index (κ1) is 21.0. The van der Waals surface area contributed by atoms with Crippen LogP contribution >= 0.6 is 0 Å². The maximum atomic E-state index is 13.1. The van der Waals surface area contributed by atoms with E-state index in [4.69, 9.17) is 0 Å². The number of para-hydroxylation sites is 2. The van der Waals surface area contributed by atoms with Crippen LogP contribution in [0.2, 0.25) is 0 Å². The number of rotatable bonds is 2. The number of hydrogen-bond acceptors (Lipinski definition) is 2. The zero-order valence-electron chi connectivity index (χ0n) is 15.6. The minimum atomic E-state index is -4.89. The van der Waals surface area contributed by atoms with Crippen LogP contribution in [0.25, 0.3) is 0 Å². The Morgan fingerprint density at radius 1 is 0.966 bits per heavy atom. The van der Waals surface area contributed by atoms with Crippen LogP contribution in [0.4, 0.5) is 37.7 Å². The van der Waals surface area contributed by atoms with Crippen molar-refractivity contribution in [1.29, 1.82) is 0 Å². The molecule has 0 radical (unpaired) electrons. The lowest BCUT2D eigenvalue weighted by Gasteiger charge is -2.42. The quantitative estimate of drug-likeness (QED) is 0.605. The SMILES string of the molecule is CC(=O)N1c2ccccc2N(Cc2cc(C(F)(F)F)cc(C(F)(F)F)c2)C[C@@H]1C. The highest BCUT2D eigenvalue weighted by atomic mass is 19.4. The number of carbonyl (C=O) groups excluding carboxylic acids is 1. The molecule has 3 nitrogen and oxygen atoms in total. The molecule has 29 heavy (non-hydrogen) atoms. The van der Waals surface area contributed by atoms with Crippen molar-refractivity contribution in [2.45, 2.75) is 38.8 Å². The fourth-order valence-electron chi connectivity index (χ4n) is 3.63. The van der Waals surface area contributed by atoms with Gasteiger partial charge < -0.3 is 9.80 Å². The molecule has 1 amide bonds. The van der Waals surface area contributed by atoms with Gasteiger partial charge >= 0.3 is 12.4 Å². The lowest BCUT2D eigenvalue weighted by molar-refractivity contribution is -0.143. The number of anilines is 2. The molecule has 0 fully saturated rings. The number of fused-ring (bicyclic) bond motifs is 1. The number of hydrogen-bond donors (Lipinski definition) is 0. The molecule has 0 bridgehead atoms. The molecule has 0 saturated carbocycles. The van der Waals surface area contributed by atoms with E-state index in [2.05, 4.69) is 0 Å². The van der Waals surface area contributed by atoms with Crippen molar-refractivity contribution in [3.05, 3.63) is 59.2 Å². The topological polar surface area (TPSA) is 23.6 Å². The molecule has 0 N–H and O–H groups in total. The summed E-state index contributed by atoms with van der Waals surface area (Å²) in [5.41, 5.74) is -1.64. The van der Waals surface area contributed by atoms with Gasteiger partial charge in [-0.05, 0) is 42.8 Å². The second kappa shape index (κ2) is 7.27. The lowest BCUT2D eigenvalue weighted by Crippen LogP contribution is -2.49. The second-order valence-corrected chi connectivity index (χ2v) is 7.02. The van der Waals surface area contributed by atoms with E-state index in [0.29, 0.717) is 11.4 Å². The molecule has 0 aromatic heterocycles. The van der Waals surface area contributed by atoms with E-state index >= 15 is 0 Å². The van der Waals surface area contributed by atoms with Crippen LogP contribution in [0.3, 0.4) is 0 Å². The maximum absolute atomic E-state index is 13.1. The third kappa shape index (κ3) is 4.33. The number of nitrogens with zero attached hydrogens (tertiary/aromatic N) is 2. The van der Waals surface area contributed by atoms with E-state index in [9.17, 15) is 31.1 Å². The van der Waals surface area contributed by atoms with E-state index in [1.54, 1.807) is 41.0 Å². The van der Waals surface area contributed by atoms with Crippen molar-refractivity contribution in [1.82, 2.24) is 0 Å². The largest absolute Gasteiger partial charge is 0.416 e. The molecule has 1 atom stereocenters. The molecule has 0 unspecified atom stereocenters. The standard InChI is InChI=1S/C20H18F6N2O/c1-12-10-27(17-5-3-4-6-18(17)28(12)13(2)29)11-14-7-15(19(21,22)23)9-16(8-14)20(24,25)26/h3-9,12H,10-11H2,1-2H3/t12-/m0/s1. The van der Waals surface area contributed by atoms with Gasteiger partial charge in [0.2, 0.25) is 5.91 Å². The van der Waals surface area contributed by atoms with Gasteiger partial charge in [0.25, 0.3) is 0 Å². The van der Waals surface area contributed by atoms with Gasteiger partial charge in [-0.3, -0.25) is 4.79 Å². The van der Waals surface area contributed by atoms with Gasteiger partial charge in [-0.25, -0.2) is 0 Å². The molecule has 1 heterocycles. The summed E-state index contributed by atoms with van der Waals surface area (Å²) in [7, 11) is 0. The molecule has 156 valence electrons. The highest BCUT2D eigenvalue weighted by Crippen LogP contribution is 2.39. The average Bonchev–Trinajstić information content (AvgIpc) is 2.59. The Balaban J connectivity index is 2.03. The first-order chi connectivity index (χ1) is 13.4. The van der Waals surface area contributed by atoms with E-state index < -0.39 is 23.5 Å². The average molecular weight is 416 g/mol. The van der Waals surface area contributed by atoms with E-state index in [0.717, 1.165) is 12.1 Å². The molecular formula is C20H18F6N2O.